The van der Waals surface area contributed by atoms with E-state index in [1.54, 1.807) is 24.3 Å². The average Bonchev–Trinajstić information content (AvgIpc) is 3.29. The molecule has 6 nitrogen and oxygen atoms in total. The number of ether oxygens (including phenoxy) is 1. The van der Waals surface area contributed by atoms with Gasteiger partial charge >= 0.3 is 0 Å². The minimum atomic E-state index is -0.140. The van der Waals surface area contributed by atoms with E-state index in [9.17, 15) is 9.59 Å². The Morgan fingerprint density at radius 1 is 1.10 bits per heavy atom. The predicted molar refractivity (Wildman–Crippen MR) is 119 cm³/mol. The van der Waals surface area contributed by atoms with Crippen molar-refractivity contribution in [2.45, 2.75) is 38.8 Å². The third-order valence-electron chi connectivity index (χ3n) is 6.81. The third kappa shape index (κ3) is 4.30. The minimum absolute atomic E-state index is 0.0545. The molecule has 1 unspecified atom stereocenters. The topological polar surface area (TPSA) is 70.7 Å². The first kappa shape index (κ1) is 20.1. The lowest BCUT2D eigenvalue weighted by Gasteiger charge is -2.38. The van der Waals surface area contributed by atoms with E-state index in [4.69, 9.17) is 4.74 Å². The normalized spacial score (nSPS) is 24.4. The van der Waals surface area contributed by atoms with Gasteiger partial charge < -0.3 is 15.4 Å². The van der Waals surface area contributed by atoms with Gasteiger partial charge in [-0.05, 0) is 60.1 Å². The molecular weight excluding hydrogens is 390 g/mol. The van der Waals surface area contributed by atoms with E-state index in [2.05, 4.69) is 33.7 Å². The SMILES string of the molecule is CC(=O)Nc1cccc(C(=O)NC2[C@@H]3CC[C@H]2CN(Cc2ccc4c(c2)CCO4)C3)c1. The molecule has 2 fully saturated rings. The van der Waals surface area contributed by atoms with Gasteiger partial charge in [0, 0.05) is 50.3 Å². The van der Waals surface area contributed by atoms with Crippen LogP contribution in [0, 0.1) is 11.8 Å². The van der Waals surface area contributed by atoms with Crippen LogP contribution in [0.4, 0.5) is 5.69 Å². The van der Waals surface area contributed by atoms with Crippen molar-refractivity contribution in [2.24, 2.45) is 11.8 Å². The maximum Gasteiger partial charge on any atom is 0.251 e. The van der Waals surface area contributed by atoms with Gasteiger partial charge in [0.05, 0.1) is 6.61 Å². The fourth-order valence-electron chi connectivity index (χ4n) is 5.46. The Hall–Kier alpha value is -2.86. The van der Waals surface area contributed by atoms with E-state index in [-0.39, 0.29) is 17.9 Å². The van der Waals surface area contributed by atoms with E-state index < -0.39 is 0 Å². The Balaban J connectivity index is 1.21. The largest absolute Gasteiger partial charge is 0.493 e. The molecule has 2 aromatic carbocycles. The van der Waals surface area contributed by atoms with Crippen molar-refractivity contribution in [2.75, 3.05) is 25.0 Å². The Labute approximate surface area is 183 Å². The molecule has 31 heavy (non-hydrogen) atoms. The third-order valence-corrected chi connectivity index (χ3v) is 6.81. The zero-order valence-electron chi connectivity index (χ0n) is 17.9. The summed E-state index contributed by atoms with van der Waals surface area (Å²) in [6.45, 7) is 5.25. The number of anilines is 1. The van der Waals surface area contributed by atoms with Crippen molar-refractivity contribution in [3.8, 4) is 5.75 Å². The van der Waals surface area contributed by atoms with Gasteiger partial charge in [0.2, 0.25) is 5.91 Å². The second kappa shape index (κ2) is 8.35. The smallest absolute Gasteiger partial charge is 0.251 e. The molecule has 2 bridgehead atoms. The second-order valence-corrected chi connectivity index (χ2v) is 9.09. The number of fused-ring (bicyclic) bond motifs is 3. The zero-order chi connectivity index (χ0) is 21.4. The Morgan fingerprint density at radius 3 is 2.68 bits per heavy atom. The number of amides is 2. The molecule has 0 aromatic heterocycles. The van der Waals surface area contributed by atoms with Gasteiger partial charge in [-0.1, -0.05) is 18.2 Å². The van der Waals surface area contributed by atoms with Crippen LogP contribution in [-0.2, 0) is 17.8 Å². The molecule has 2 aromatic rings. The number of hydrogen-bond acceptors (Lipinski definition) is 4. The van der Waals surface area contributed by atoms with E-state index in [1.165, 1.54) is 18.1 Å². The number of nitrogens with one attached hydrogen (secondary N) is 2. The van der Waals surface area contributed by atoms with Crippen LogP contribution in [0.1, 0.15) is 41.3 Å². The van der Waals surface area contributed by atoms with Crippen LogP contribution in [-0.4, -0.2) is 42.5 Å². The van der Waals surface area contributed by atoms with Crippen LogP contribution >= 0.6 is 0 Å². The highest BCUT2D eigenvalue weighted by Crippen LogP contribution is 2.38. The zero-order valence-corrected chi connectivity index (χ0v) is 17.9. The standard InChI is InChI=1S/C25H29N3O3/c1-16(29)26-22-4-2-3-19(12-22)25(30)27-24-20-6-7-21(24)15-28(14-20)13-17-5-8-23-18(11-17)9-10-31-23/h2-5,8,11-12,20-21,24H,6-7,9-10,13-15H2,1H3,(H,26,29)(H,27,30)/t20-,21+,24?. The second-order valence-electron chi connectivity index (χ2n) is 9.09. The summed E-state index contributed by atoms with van der Waals surface area (Å²) in [7, 11) is 0. The van der Waals surface area contributed by atoms with Gasteiger partial charge in [-0.2, -0.15) is 0 Å². The molecule has 162 valence electrons. The lowest BCUT2D eigenvalue weighted by atomic mass is 9.91. The fraction of sp³-hybridized carbons (Fsp3) is 0.440. The number of nitrogens with zero attached hydrogens (tertiary/aromatic N) is 1. The number of hydrogen-bond donors (Lipinski definition) is 2. The van der Waals surface area contributed by atoms with E-state index in [1.807, 2.05) is 0 Å². The lowest BCUT2D eigenvalue weighted by molar-refractivity contribution is -0.114. The Kier molecular flexibility index (Phi) is 5.40. The van der Waals surface area contributed by atoms with Crippen molar-refractivity contribution in [1.82, 2.24) is 10.2 Å². The average molecular weight is 420 g/mol. The molecule has 2 aliphatic heterocycles. The number of carbonyl (C=O) groups is 2. The predicted octanol–water partition coefficient (Wildman–Crippen LogP) is 3.22. The van der Waals surface area contributed by atoms with Gasteiger partial charge in [-0.25, -0.2) is 0 Å². The van der Waals surface area contributed by atoms with Gasteiger partial charge in [-0.15, -0.1) is 0 Å². The van der Waals surface area contributed by atoms with Crippen molar-refractivity contribution < 1.29 is 14.3 Å². The number of piperidine rings is 1. The first-order valence-electron chi connectivity index (χ1n) is 11.2. The van der Waals surface area contributed by atoms with Gasteiger partial charge in [-0.3, -0.25) is 14.5 Å². The van der Waals surface area contributed by atoms with Crippen molar-refractivity contribution in [3.63, 3.8) is 0 Å². The molecule has 0 spiro atoms. The van der Waals surface area contributed by atoms with Crippen LogP contribution < -0.4 is 15.4 Å². The maximum absolute atomic E-state index is 12.9. The summed E-state index contributed by atoms with van der Waals surface area (Å²) in [5, 5.41) is 6.05. The lowest BCUT2D eigenvalue weighted by Crippen LogP contribution is -2.52. The molecular formula is C25H29N3O3. The minimum Gasteiger partial charge on any atom is -0.493 e. The quantitative estimate of drug-likeness (QED) is 0.781. The first-order valence-corrected chi connectivity index (χ1v) is 11.2. The molecule has 1 saturated carbocycles. The molecule has 6 heteroatoms. The highest BCUT2D eigenvalue weighted by Gasteiger charge is 2.42. The van der Waals surface area contributed by atoms with E-state index in [0.29, 0.717) is 23.1 Å². The van der Waals surface area contributed by atoms with Crippen LogP contribution in [0.3, 0.4) is 0 Å². The van der Waals surface area contributed by atoms with Crippen LogP contribution in [0.2, 0.25) is 0 Å². The molecule has 5 rings (SSSR count). The van der Waals surface area contributed by atoms with Crippen LogP contribution in [0.15, 0.2) is 42.5 Å². The van der Waals surface area contributed by atoms with Crippen molar-refractivity contribution in [1.29, 1.82) is 0 Å². The summed E-state index contributed by atoms with van der Waals surface area (Å²) in [6, 6.07) is 13.9. The monoisotopic (exact) mass is 419 g/mol. The first-order chi connectivity index (χ1) is 15.0. The maximum atomic E-state index is 12.9. The van der Waals surface area contributed by atoms with E-state index >= 15 is 0 Å². The summed E-state index contributed by atoms with van der Waals surface area (Å²) in [6.07, 6.45) is 3.33. The van der Waals surface area contributed by atoms with Gasteiger partial charge in [0.25, 0.3) is 5.91 Å². The number of likely N-dealkylation sites (tertiary alicyclic amines) is 1. The molecule has 3 atom stereocenters. The van der Waals surface area contributed by atoms with Crippen molar-refractivity contribution in [3.05, 3.63) is 59.2 Å². The molecule has 0 radical (unpaired) electrons. The molecule has 3 aliphatic rings. The Bertz CT molecular complexity index is 991. The summed E-state index contributed by atoms with van der Waals surface area (Å²) in [5.74, 6) is 1.81. The van der Waals surface area contributed by atoms with E-state index in [0.717, 1.165) is 51.3 Å². The van der Waals surface area contributed by atoms with Gasteiger partial charge in [0.1, 0.15) is 5.75 Å². The highest BCUT2D eigenvalue weighted by molar-refractivity contribution is 5.97. The fourth-order valence-corrected chi connectivity index (χ4v) is 5.46. The molecule has 1 aliphatic carbocycles. The number of rotatable bonds is 5. The summed E-state index contributed by atoms with van der Waals surface area (Å²) >= 11 is 0. The summed E-state index contributed by atoms with van der Waals surface area (Å²) < 4.78 is 5.63. The molecule has 2 heterocycles. The van der Waals surface area contributed by atoms with Crippen LogP contribution in [0.5, 0.6) is 5.75 Å². The van der Waals surface area contributed by atoms with Crippen LogP contribution in [0.25, 0.3) is 0 Å². The Morgan fingerprint density at radius 2 is 1.90 bits per heavy atom. The number of carbonyl (C=O) groups excluding carboxylic acids is 2. The summed E-state index contributed by atoms with van der Waals surface area (Å²) in [5.41, 5.74) is 3.91. The molecule has 2 amide bonds. The summed E-state index contributed by atoms with van der Waals surface area (Å²) in [4.78, 5) is 26.7. The highest BCUT2D eigenvalue weighted by atomic mass is 16.5. The molecule has 1 saturated heterocycles. The number of benzene rings is 2. The molecule has 2 N–H and O–H groups in total. The van der Waals surface area contributed by atoms with Crippen molar-refractivity contribution >= 4 is 17.5 Å². The van der Waals surface area contributed by atoms with Gasteiger partial charge in [0.15, 0.2) is 0 Å².